The van der Waals surface area contributed by atoms with Gasteiger partial charge in [-0.25, -0.2) is 0 Å². The number of carbonyl (C=O) groups is 2. The maximum atomic E-state index is 13.3. The lowest BCUT2D eigenvalue weighted by Gasteiger charge is -2.16. The van der Waals surface area contributed by atoms with Crippen LogP contribution >= 0.6 is 11.6 Å². The fourth-order valence-electron chi connectivity index (χ4n) is 3.37. The minimum atomic E-state index is -0.365. The fraction of sp³-hybridized carbons (Fsp3) is 0.0833. The number of carbonyl (C=O) groups excluding carboxylic acids is 2. The first-order chi connectivity index (χ1) is 14.0. The molecule has 0 atom stereocenters. The van der Waals surface area contributed by atoms with E-state index in [-0.39, 0.29) is 24.1 Å². The van der Waals surface area contributed by atoms with Crippen molar-refractivity contribution in [3.8, 4) is 0 Å². The molecule has 144 valence electrons. The van der Waals surface area contributed by atoms with Gasteiger partial charge in [0.05, 0.1) is 12.1 Å². The molecule has 0 spiro atoms. The highest BCUT2D eigenvalue weighted by Crippen LogP contribution is 2.32. The van der Waals surface area contributed by atoms with Crippen LogP contribution in [0.1, 0.15) is 16.7 Å². The van der Waals surface area contributed by atoms with Gasteiger partial charge < -0.3 is 5.32 Å². The molecule has 0 saturated carbocycles. The van der Waals surface area contributed by atoms with Gasteiger partial charge in [-0.05, 0) is 41.8 Å². The molecule has 0 unspecified atom stereocenters. The molecule has 0 aliphatic carbocycles. The van der Waals surface area contributed by atoms with Crippen LogP contribution in [0.5, 0.6) is 0 Å². The third-order valence-electron chi connectivity index (χ3n) is 4.80. The molecule has 3 aromatic carbocycles. The molecular weight excluding hydrogens is 384 g/mol. The van der Waals surface area contributed by atoms with Crippen molar-refractivity contribution in [1.82, 2.24) is 4.90 Å². The number of amides is 2. The SMILES string of the molecule is Cc1cccc(NC2=C(c3ccccc3)C(=O)N(Cc3ccccc3Cl)C2=O)c1. The van der Waals surface area contributed by atoms with E-state index in [1.807, 2.05) is 79.7 Å². The Morgan fingerprint density at radius 2 is 1.59 bits per heavy atom. The number of nitrogens with one attached hydrogen (secondary N) is 1. The molecule has 0 fully saturated rings. The molecule has 5 heteroatoms. The van der Waals surface area contributed by atoms with E-state index in [4.69, 9.17) is 11.6 Å². The van der Waals surface area contributed by atoms with E-state index in [9.17, 15) is 9.59 Å². The summed E-state index contributed by atoms with van der Waals surface area (Å²) < 4.78 is 0. The second-order valence-corrected chi connectivity index (χ2v) is 7.31. The summed E-state index contributed by atoms with van der Waals surface area (Å²) in [5, 5.41) is 3.70. The lowest BCUT2D eigenvalue weighted by molar-refractivity contribution is -0.137. The van der Waals surface area contributed by atoms with Crippen LogP contribution in [0.15, 0.2) is 84.6 Å². The normalized spacial score (nSPS) is 13.9. The number of rotatable bonds is 5. The third kappa shape index (κ3) is 3.80. The van der Waals surface area contributed by atoms with Gasteiger partial charge in [0.15, 0.2) is 0 Å². The molecule has 1 N–H and O–H groups in total. The standard InChI is InChI=1S/C24H19ClN2O2/c1-16-8-7-12-19(14-16)26-22-21(17-9-3-2-4-10-17)23(28)27(24(22)29)15-18-11-5-6-13-20(18)25/h2-14,26H,15H2,1H3. The first kappa shape index (κ1) is 19.0. The number of halogens is 1. The Morgan fingerprint density at radius 1 is 0.862 bits per heavy atom. The highest BCUT2D eigenvalue weighted by atomic mass is 35.5. The molecular formula is C24H19ClN2O2. The van der Waals surface area contributed by atoms with Crippen LogP contribution in [0.2, 0.25) is 5.02 Å². The van der Waals surface area contributed by atoms with Gasteiger partial charge in [-0.1, -0.05) is 72.3 Å². The number of hydrogen-bond acceptors (Lipinski definition) is 3. The van der Waals surface area contributed by atoms with Gasteiger partial charge in [-0.15, -0.1) is 0 Å². The largest absolute Gasteiger partial charge is 0.350 e. The number of benzene rings is 3. The quantitative estimate of drug-likeness (QED) is 0.608. The third-order valence-corrected chi connectivity index (χ3v) is 5.17. The molecule has 2 amide bonds. The zero-order valence-corrected chi connectivity index (χ0v) is 16.6. The van der Waals surface area contributed by atoms with Gasteiger partial charge in [-0.3, -0.25) is 14.5 Å². The lowest BCUT2D eigenvalue weighted by Crippen LogP contribution is -2.32. The van der Waals surface area contributed by atoms with E-state index >= 15 is 0 Å². The number of anilines is 1. The Morgan fingerprint density at radius 3 is 2.31 bits per heavy atom. The molecule has 29 heavy (non-hydrogen) atoms. The highest BCUT2D eigenvalue weighted by molar-refractivity contribution is 6.36. The molecule has 3 aromatic rings. The van der Waals surface area contributed by atoms with E-state index in [2.05, 4.69) is 5.32 Å². The first-order valence-corrected chi connectivity index (χ1v) is 9.65. The Balaban J connectivity index is 1.75. The Hall–Kier alpha value is -3.37. The van der Waals surface area contributed by atoms with Crippen molar-refractivity contribution in [3.63, 3.8) is 0 Å². The topological polar surface area (TPSA) is 49.4 Å². The number of hydrogen-bond donors (Lipinski definition) is 1. The van der Waals surface area contributed by atoms with Crippen molar-refractivity contribution in [3.05, 3.63) is 106 Å². The lowest BCUT2D eigenvalue weighted by atomic mass is 10.0. The minimum Gasteiger partial charge on any atom is -0.350 e. The van der Waals surface area contributed by atoms with Crippen molar-refractivity contribution in [2.75, 3.05) is 5.32 Å². The van der Waals surface area contributed by atoms with Crippen molar-refractivity contribution in [2.45, 2.75) is 13.5 Å². The fourth-order valence-corrected chi connectivity index (χ4v) is 3.57. The highest BCUT2D eigenvalue weighted by Gasteiger charge is 2.39. The van der Waals surface area contributed by atoms with Crippen LogP contribution in [0.4, 0.5) is 5.69 Å². The van der Waals surface area contributed by atoms with Gasteiger partial charge in [0.2, 0.25) is 0 Å². The van der Waals surface area contributed by atoms with Crippen LogP contribution in [-0.2, 0) is 16.1 Å². The van der Waals surface area contributed by atoms with E-state index in [1.165, 1.54) is 4.90 Å². The van der Waals surface area contributed by atoms with E-state index in [0.717, 1.165) is 16.8 Å². The summed E-state index contributed by atoms with van der Waals surface area (Å²) in [7, 11) is 0. The zero-order chi connectivity index (χ0) is 20.4. The molecule has 4 rings (SSSR count). The van der Waals surface area contributed by atoms with Gasteiger partial charge in [0, 0.05) is 10.7 Å². The predicted molar refractivity (Wildman–Crippen MR) is 115 cm³/mol. The maximum absolute atomic E-state index is 13.3. The molecule has 0 saturated heterocycles. The molecule has 0 bridgehead atoms. The van der Waals surface area contributed by atoms with Gasteiger partial charge >= 0.3 is 0 Å². The van der Waals surface area contributed by atoms with Crippen LogP contribution in [0, 0.1) is 6.92 Å². The summed E-state index contributed by atoms with van der Waals surface area (Å²) >= 11 is 6.26. The van der Waals surface area contributed by atoms with Gasteiger partial charge in [0.1, 0.15) is 5.70 Å². The smallest absolute Gasteiger partial charge is 0.278 e. The second-order valence-electron chi connectivity index (χ2n) is 6.90. The van der Waals surface area contributed by atoms with Gasteiger partial charge in [0.25, 0.3) is 11.8 Å². The van der Waals surface area contributed by atoms with E-state index in [0.29, 0.717) is 16.2 Å². The average molecular weight is 403 g/mol. The molecule has 1 aliphatic heterocycles. The monoisotopic (exact) mass is 402 g/mol. The van der Waals surface area contributed by atoms with Gasteiger partial charge in [-0.2, -0.15) is 0 Å². The van der Waals surface area contributed by atoms with Crippen LogP contribution in [0.3, 0.4) is 0 Å². The molecule has 0 radical (unpaired) electrons. The van der Waals surface area contributed by atoms with Crippen LogP contribution in [0.25, 0.3) is 5.57 Å². The van der Waals surface area contributed by atoms with Crippen LogP contribution in [-0.4, -0.2) is 16.7 Å². The summed E-state index contributed by atoms with van der Waals surface area (Å²) in [6, 6.07) is 24.1. The molecule has 0 aromatic heterocycles. The summed E-state index contributed by atoms with van der Waals surface area (Å²) in [6.45, 7) is 2.09. The van der Waals surface area contributed by atoms with E-state index in [1.54, 1.807) is 6.07 Å². The van der Waals surface area contributed by atoms with E-state index < -0.39 is 0 Å². The average Bonchev–Trinajstić information content (AvgIpc) is 2.94. The number of nitrogens with zero attached hydrogens (tertiary/aromatic N) is 1. The van der Waals surface area contributed by atoms with Crippen molar-refractivity contribution in [2.24, 2.45) is 0 Å². The first-order valence-electron chi connectivity index (χ1n) is 9.27. The summed E-state index contributed by atoms with van der Waals surface area (Å²) in [5.74, 6) is -0.702. The Labute approximate surface area is 174 Å². The Bertz CT molecular complexity index is 1120. The number of aryl methyl sites for hydroxylation is 1. The van der Waals surface area contributed by atoms with Crippen molar-refractivity contribution < 1.29 is 9.59 Å². The summed E-state index contributed by atoms with van der Waals surface area (Å²) in [6.07, 6.45) is 0. The predicted octanol–water partition coefficient (Wildman–Crippen LogP) is 5.04. The molecule has 1 heterocycles. The second kappa shape index (κ2) is 7.94. The maximum Gasteiger partial charge on any atom is 0.278 e. The van der Waals surface area contributed by atoms with Crippen molar-refractivity contribution >= 4 is 34.7 Å². The summed E-state index contributed by atoms with van der Waals surface area (Å²) in [5.41, 5.74) is 3.88. The summed E-state index contributed by atoms with van der Waals surface area (Å²) in [4.78, 5) is 27.7. The Kier molecular flexibility index (Phi) is 5.19. The van der Waals surface area contributed by atoms with Crippen LogP contribution < -0.4 is 5.32 Å². The minimum absolute atomic E-state index is 0.118. The molecule has 4 nitrogen and oxygen atoms in total. The molecule has 1 aliphatic rings. The zero-order valence-electron chi connectivity index (χ0n) is 15.9. The number of imide groups is 1. The van der Waals surface area contributed by atoms with Crippen molar-refractivity contribution in [1.29, 1.82) is 0 Å².